The number of fused-ring (bicyclic) bond motifs is 4. The van der Waals surface area contributed by atoms with Gasteiger partial charge in [-0.25, -0.2) is 4.98 Å². The number of anilines is 1. The van der Waals surface area contributed by atoms with E-state index >= 15 is 0 Å². The van der Waals surface area contributed by atoms with Crippen LogP contribution in [0.1, 0.15) is 16.9 Å². The van der Waals surface area contributed by atoms with Gasteiger partial charge in [-0.1, -0.05) is 0 Å². The first-order valence-electron chi connectivity index (χ1n) is 6.26. The van der Waals surface area contributed by atoms with Crippen molar-refractivity contribution in [3.63, 3.8) is 0 Å². The number of aromatic nitrogens is 2. The maximum Gasteiger partial charge on any atom is 0.205 e. The molecule has 2 aromatic heterocycles. The largest absolute Gasteiger partial charge is 0.376 e. The number of thiophene rings is 1. The Balaban J connectivity index is 2.07. The van der Waals surface area contributed by atoms with E-state index in [1.165, 1.54) is 10.4 Å². The molecule has 2 N–H and O–H groups in total. The highest BCUT2D eigenvalue weighted by atomic mass is 32.1. The van der Waals surface area contributed by atoms with Crippen molar-refractivity contribution in [3.05, 3.63) is 15.9 Å². The maximum absolute atomic E-state index is 8.42. The van der Waals surface area contributed by atoms with Gasteiger partial charge in [-0.05, 0) is 18.4 Å². The summed E-state index contributed by atoms with van der Waals surface area (Å²) in [5.74, 6) is 0.846. The molecule has 2 aliphatic rings. The van der Waals surface area contributed by atoms with Crippen LogP contribution in [0.15, 0.2) is 0 Å². The smallest absolute Gasteiger partial charge is 0.205 e. The highest BCUT2D eigenvalue weighted by molar-refractivity contribution is 7.18. The molecule has 6 heteroatoms. The molecule has 0 saturated carbocycles. The van der Waals surface area contributed by atoms with Gasteiger partial charge < -0.3 is 10.1 Å². The van der Waals surface area contributed by atoms with Crippen LogP contribution < -0.4 is 10.8 Å². The summed E-state index contributed by atoms with van der Waals surface area (Å²) >= 11 is 1.68. The van der Waals surface area contributed by atoms with Gasteiger partial charge >= 0.3 is 0 Å². The molecule has 0 amide bonds. The second-order valence-corrected chi connectivity index (χ2v) is 5.79. The molecule has 0 atom stereocenters. The van der Waals surface area contributed by atoms with Gasteiger partial charge in [-0.15, -0.1) is 11.3 Å². The zero-order valence-electron chi connectivity index (χ0n) is 9.95. The molecule has 5 nitrogen and oxygen atoms in total. The maximum atomic E-state index is 8.42. The van der Waals surface area contributed by atoms with Crippen LogP contribution in [-0.2, 0) is 24.3 Å². The van der Waals surface area contributed by atoms with Crippen LogP contribution in [0, 0.1) is 5.41 Å². The summed E-state index contributed by atoms with van der Waals surface area (Å²) < 4.78 is 7.48. The molecule has 0 radical (unpaired) electrons. The molecule has 2 aromatic rings. The van der Waals surface area contributed by atoms with Gasteiger partial charge in [-0.2, -0.15) is 0 Å². The quantitative estimate of drug-likeness (QED) is 0.755. The monoisotopic (exact) mass is 262 g/mol. The highest BCUT2D eigenvalue weighted by Gasteiger charge is 2.21. The van der Waals surface area contributed by atoms with Crippen LogP contribution in [0.5, 0.6) is 0 Å². The van der Waals surface area contributed by atoms with Crippen molar-refractivity contribution in [1.29, 1.82) is 5.41 Å². The molecule has 2 aliphatic heterocycles. The third-order valence-electron chi connectivity index (χ3n) is 3.61. The molecular formula is C12H14N4OS. The van der Waals surface area contributed by atoms with Crippen molar-refractivity contribution in [1.82, 2.24) is 9.55 Å². The number of nitrogens with zero attached hydrogens (tertiary/aromatic N) is 2. The minimum absolute atomic E-state index is 0.613. The lowest BCUT2D eigenvalue weighted by molar-refractivity contribution is 0.114. The van der Waals surface area contributed by atoms with Gasteiger partial charge in [0, 0.05) is 18.0 Å². The molecule has 0 bridgehead atoms. The second kappa shape index (κ2) is 3.80. The fourth-order valence-electron chi connectivity index (χ4n) is 2.73. The minimum atomic E-state index is 0.613. The van der Waals surface area contributed by atoms with E-state index in [-0.39, 0.29) is 0 Å². The second-order valence-electron chi connectivity index (χ2n) is 4.70. The van der Waals surface area contributed by atoms with E-state index < -0.39 is 0 Å². The third kappa shape index (κ3) is 1.36. The molecular weight excluding hydrogens is 248 g/mol. The zero-order valence-corrected chi connectivity index (χ0v) is 10.8. The van der Waals surface area contributed by atoms with E-state index in [9.17, 15) is 0 Å². The number of hydrogen-bond donors (Lipinski definition) is 2. The molecule has 18 heavy (non-hydrogen) atoms. The van der Waals surface area contributed by atoms with Crippen LogP contribution in [0.3, 0.4) is 0 Å². The summed E-state index contributed by atoms with van der Waals surface area (Å²) in [6.45, 7) is 3.29. The first kappa shape index (κ1) is 10.5. The summed E-state index contributed by atoms with van der Waals surface area (Å²) in [5, 5.41) is 12.8. The molecule has 0 aliphatic carbocycles. The average molecular weight is 262 g/mol. The first-order valence-corrected chi connectivity index (χ1v) is 7.07. The minimum Gasteiger partial charge on any atom is -0.376 e. The van der Waals surface area contributed by atoms with Crippen molar-refractivity contribution >= 4 is 27.5 Å². The average Bonchev–Trinajstić information content (AvgIpc) is 2.77. The summed E-state index contributed by atoms with van der Waals surface area (Å²) in [6.07, 6.45) is 1.97. The van der Waals surface area contributed by atoms with Crippen LogP contribution in [0.4, 0.5) is 5.95 Å². The van der Waals surface area contributed by atoms with Crippen molar-refractivity contribution in [3.8, 4) is 0 Å². The molecule has 0 unspecified atom stereocenters. The standard InChI is InChI=1S/C12H14N4OS/c13-10-9-7-2-5-17-6-8(7)18-11(9)15-12-14-3-1-4-16(10)12/h13H,1-6H2,(H,14,15). The van der Waals surface area contributed by atoms with Crippen LogP contribution in [0.2, 0.25) is 0 Å². The number of ether oxygens (including phenoxy) is 1. The molecule has 4 rings (SSSR count). The van der Waals surface area contributed by atoms with E-state index in [0.717, 1.165) is 48.7 Å². The Labute approximate surface area is 108 Å². The Morgan fingerprint density at radius 1 is 1.44 bits per heavy atom. The van der Waals surface area contributed by atoms with Crippen LogP contribution in [0.25, 0.3) is 10.2 Å². The van der Waals surface area contributed by atoms with Gasteiger partial charge in [0.25, 0.3) is 0 Å². The van der Waals surface area contributed by atoms with Crippen molar-refractivity contribution in [2.45, 2.75) is 26.0 Å². The summed E-state index contributed by atoms with van der Waals surface area (Å²) in [7, 11) is 0. The molecule has 0 fully saturated rings. The Morgan fingerprint density at radius 3 is 3.33 bits per heavy atom. The number of hydrogen-bond acceptors (Lipinski definition) is 5. The summed E-state index contributed by atoms with van der Waals surface area (Å²) in [6, 6.07) is 0. The molecule has 4 heterocycles. The first-order chi connectivity index (χ1) is 8.84. The Bertz CT molecular complexity index is 687. The Hall–Kier alpha value is -1.40. The van der Waals surface area contributed by atoms with Gasteiger partial charge in [0.15, 0.2) is 0 Å². The van der Waals surface area contributed by atoms with E-state index in [0.29, 0.717) is 12.1 Å². The van der Waals surface area contributed by atoms with E-state index in [1.807, 2.05) is 4.57 Å². The summed E-state index contributed by atoms with van der Waals surface area (Å²) in [5.41, 5.74) is 1.90. The summed E-state index contributed by atoms with van der Waals surface area (Å²) in [4.78, 5) is 6.91. The van der Waals surface area contributed by atoms with E-state index in [2.05, 4.69) is 10.3 Å². The molecule has 0 saturated heterocycles. The van der Waals surface area contributed by atoms with E-state index in [1.54, 1.807) is 11.3 Å². The predicted molar refractivity (Wildman–Crippen MR) is 69.9 cm³/mol. The topological polar surface area (TPSA) is 62.9 Å². The van der Waals surface area contributed by atoms with Gasteiger partial charge in [0.1, 0.15) is 10.3 Å². The lowest BCUT2D eigenvalue weighted by atomic mass is 10.1. The van der Waals surface area contributed by atoms with Crippen LogP contribution >= 0.6 is 11.3 Å². The predicted octanol–water partition coefficient (Wildman–Crippen LogP) is 1.47. The fraction of sp³-hybridized carbons (Fsp3) is 0.500. The van der Waals surface area contributed by atoms with Gasteiger partial charge in [-0.3, -0.25) is 9.98 Å². The highest BCUT2D eigenvalue weighted by Crippen LogP contribution is 2.32. The Kier molecular flexibility index (Phi) is 2.22. The van der Waals surface area contributed by atoms with Crippen molar-refractivity contribution in [2.75, 3.05) is 18.5 Å². The van der Waals surface area contributed by atoms with E-state index in [4.69, 9.17) is 10.1 Å². The zero-order chi connectivity index (χ0) is 12.1. The van der Waals surface area contributed by atoms with Crippen molar-refractivity contribution in [2.24, 2.45) is 0 Å². The Morgan fingerprint density at radius 2 is 2.39 bits per heavy atom. The SMILES string of the molecule is N=c1c2c3c(sc2nc2n1CCCN2)COCC3. The third-order valence-corrected chi connectivity index (χ3v) is 4.71. The lowest BCUT2D eigenvalue weighted by Gasteiger charge is -2.20. The number of nitrogens with one attached hydrogen (secondary N) is 2. The molecule has 0 aromatic carbocycles. The van der Waals surface area contributed by atoms with Crippen molar-refractivity contribution < 1.29 is 4.74 Å². The molecule has 94 valence electrons. The van der Waals surface area contributed by atoms with Gasteiger partial charge in [0.2, 0.25) is 5.95 Å². The number of rotatable bonds is 0. The normalized spacial score (nSPS) is 18.2. The molecule has 0 spiro atoms. The lowest BCUT2D eigenvalue weighted by Crippen LogP contribution is -2.30. The van der Waals surface area contributed by atoms with Crippen LogP contribution in [-0.4, -0.2) is 22.7 Å². The fourth-order valence-corrected chi connectivity index (χ4v) is 3.89. The van der Waals surface area contributed by atoms with Gasteiger partial charge in [0.05, 0.1) is 18.6 Å².